The molecule has 0 atom stereocenters. The van der Waals surface area contributed by atoms with Gasteiger partial charge in [-0.2, -0.15) is 5.10 Å². The highest BCUT2D eigenvalue weighted by molar-refractivity contribution is 5.97. The Morgan fingerprint density at radius 1 is 1.21 bits per heavy atom. The van der Waals surface area contributed by atoms with Gasteiger partial charge in [0.2, 0.25) is 5.75 Å². The molecule has 0 unspecified atom stereocenters. The number of amides is 1. The van der Waals surface area contributed by atoms with Gasteiger partial charge in [-0.25, -0.2) is 5.43 Å². The molecule has 0 spiro atoms. The van der Waals surface area contributed by atoms with Gasteiger partial charge in [-0.15, -0.1) is 0 Å². The number of non-ortho nitro benzene ring substituents is 1. The van der Waals surface area contributed by atoms with Crippen molar-refractivity contribution >= 4 is 28.8 Å². The van der Waals surface area contributed by atoms with Gasteiger partial charge in [-0.05, 0) is 24.3 Å². The van der Waals surface area contributed by atoms with Crippen LogP contribution < -0.4 is 14.9 Å². The van der Waals surface area contributed by atoms with Gasteiger partial charge >= 0.3 is 5.91 Å². The van der Waals surface area contributed by atoms with Crippen LogP contribution in [0.4, 0.5) is 5.69 Å². The first kappa shape index (κ1) is 18.7. The Labute approximate surface area is 158 Å². The van der Waals surface area contributed by atoms with Gasteiger partial charge in [0, 0.05) is 23.1 Å². The predicted molar refractivity (Wildman–Crippen MR) is 99.1 cm³/mol. The number of benzene rings is 2. The minimum absolute atomic E-state index is 0.0477. The summed E-state index contributed by atoms with van der Waals surface area (Å²) in [4.78, 5) is 22.5. The van der Waals surface area contributed by atoms with Crippen molar-refractivity contribution in [3.8, 4) is 17.2 Å². The van der Waals surface area contributed by atoms with Crippen molar-refractivity contribution in [2.24, 2.45) is 5.10 Å². The molecule has 1 heterocycles. The lowest BCUT2D eigenvalue weighted by molar-refractivity contribution is -0.384. The second kappa shape index (κ2) is 7.66. The zero-order chi connectivity index (χ0) is 20.3. The van der Waals surface area contributed by atoms with Crippen LogP contribution in [0.3, 0.4) is 0 Å². The average molecular weight is 385 g/mol. The van der Waals surface area contributed by atoms with E-state index in [2.05, 4.69) is 10.5 Å². The van der Waals surface area contributed by atoms with Crippen LogP contribution in [0.1, 0.15) is 16.1 Å². The van der Waals surface area contributed by atoms with E-state index >= 15 is 0 Å². The highest BCUT2D eigenvalue weighted by Gasteiger charge is 2.15. The van der Waals surface area contributed by atoms with E-state index in [1.165, 1.54) is 56.8 Å². The van der Waals surface area contributed by atoms with Crippen LogP contribution in [0.2, 0.25) is 0 Å². The Kier molecular flexibility index (Phi) is 5.12. The number of nitrogens with zero attached hydrogens (tertiary/aromatic N) is 2. The van der Waals surface area contributed by atoms with E-state index < -0.39 is 10.8 Å². The van der Waals surface area contributed by atoms with Crippen molar-refractivity contribution < 1.29 is 28.7 Å². The predicted octanol–water partition coefficient (Wildman–Crippen LogP) is 2.83. The standard InChI is InChI=1S/C18H15N3O7/c1-26-14-5-10(6-15(27-2)17(14)22)9-19-20-18(23)16-8-11-7-12(21(24)25)3-4-13(11)28-16/h3-9,22H,1-2H3,(H,20,23)/b19-9-. The third-order valence-corrected chi connectivity index (χ3v) is 3.82. The Hall–Kier alpha value is -4.08. The number of nitro groups is 1. The Morgan fingerprint density at radius 2 is 1.89 bits per heavy atom. The number of fused-ring (bicyclic) bond motifs is 1. The molecule has 0 aliphatic rings. The third-order valence-electron chi connectivity index (χ3n) is 3.82. The first-order valence-electron chi connectivity index (χ1n) is 7.89. The first-order valence-corrected chi connectivity index (χ1v) is 7.89. The number of rotatable bonds is 6. The van der Waals surface area contributed by atoms with Crippen molar-refractivity contribution in [3.63, 3.8) is 0 Å². The quantitative estimate of drug-likeness (QED) is 0.378. The molecule has 2 aromatic carbocycles. The normalized spacial score (nSPS) is 10.9. The number of hydrazone groups is 1. The molecule has 2 N–H and O–H groups in total. The van der Waals surface area contributed by atoms with Crippen molar-refractivity contribution in [2.75, 3.05) is 14.2 Å². The van der Waals surface area contributed by atoms with Crippen molar-refractivity contribution in [3.05, 3.63) is 57.8 Å². The molecule has 144 valence electrons. The molecule has 10 nitrogen and oxygen atoms in total. The van der Waals surface area contributed by atoms with Gasteiger partial charge in [0.25, 0.3) is 5.69 Å². The Bertz CT molecular complexity index is 1060. The second-order valence-corrected chi connectivity index (χ2v) is 5.56. The summed E-state index contributed by atoms with van der Waals surface area (Å²) in [6.07, 6.45) is 1.33. The van der Waals surface area contributed by atoms with Gasteiger partial charge in [-0.3, -0.25) is 14.9 Å². The lowest BCUT2D eigenvalue weighted by Crippen LogP contribution is -2.16. The average Bonchev–Trinajstić information content (AvgIpc) is 3.12. The minimum Gasteiger partial charge on any atom is -0.502 e. The number of nitrogens with one attached hydrogen (secondary N) is 1. The molecule has 0 aliphatic carbocycles. The molecule has 3 rings (SSSR count). The molecular formula is C18H15N3O7. The maximum Gasteiger partial charge on any atom is 0.307 e. The maximum absolute atomic E-state index is 12.2. The second-order valence-electron chi connectivity index (χ2n) is 5.56. The molecule has 0 saturated carbocycles. The Morgan fingerprint density at radius 3 is 2.50 bits per heavy atom. The highest BCUT2D eigenvalue weighted by atomic mass is 16.6. The molecular weight excluding hydrogens is 370 g/mol. The summed E-state index contributed by atoms with van der Waals surface area (Å²) < 4.78 is 15.5. The van der Waals surface area contributed by atoms with Gasteiger partial charge in [0.1, 0.15) is 5.58 Å². The number of hydrogen-bond donors (Lipinski definition) is 2. The van der Waals surface area contributed by atoms with Crippen LogP contribution in [-0.4, -0.2) is 36.4 Å². The highest BCUT2D eigenvalue weighted by Crippen LogP contribution is 2.36. The summed E-state index contributed by atoms with van der Waals surface area (Å²) in [5, 5.41) is 25.0. The largest absolute Gasteiger partial charge is 0.502 e. The van der Waals surface area contributed by atoms with Gasteiger partial charge in [0.05, 0.1) is 25.4 Å². The van der Waals surface area contributed by atoms with Crippen molar-refractivity contribution in [1.82, 2.24) is 5.43 Å². The summed E-state index contributed by atoms with van der Waals surface area (Å²) in [6, 6.07) is 8.43. The molecule has 0 aliphatic heterocycles. The number of phenolic OH excluding ortho intramolecular Hbond substituents is 1. The van der Waals surface area contributed by atoms with Crippen LogP contribution in [0.25, 0.3) is 11.0 Å². The maximum atomic E-state index is 12.2. The van der Waals surface area contributed by atoms with Gasteiger partial charge in [-0.1, -0.05) is 0 Å². The van der Waals surface area contributed by atoms with Gasteiger partial charge in [0.15, 0.2) is 17.3 Å². The van der Waals surface area contributed by atoms with E-state index in [1.807, 2.05) is 0 Å². The number of phenols is 1. The number of hydrogen-bond acceptors (Lipinski definition) is 8. The molecule has 10 heteroatoms. The molecule has 28 heavy (non-hydrogen) atoms. The van der Waals surface area contributed by atoms with Crippen molar-refractivity contribution in [2.45, 2.75) is 0 Å². The van der Waals surface area contributed by atoms with E-state index in [0.717, 1.165) is 0 Å². The van der Waals surface area contributed by atoms with Crippen LogP contribution in [-0.2, 0) is 0 Å². The number of furan rings is 1. The number of aromatic hydroxyl groups is 1. The zero-order valence-electron chi connectivity index (χ0n) is 14.8. The van der Waals surface area contributed by atoms with Crippen molar-refractivity contribution in [1.29, 1.82) is 0 Å². The fourth-order valence-corrected chi connectivity index (χ4v) is 2.47. The summed E-state index contributed by atoms with van der Waals surface area (Å²) in [7, 11) is 2.78. The summed E-state index contributed by atoms with van der Waals surface area (Å²) >= 11 is 0. The first-order chi connectivity index (χ1) is 13.4. The topological polar surface area (TPSA) is 136 Å². The minimum atomic E-state index is -0.632. The summed E-state index contributed by atoms with van der Waals surface area (Å²) in [6.45, 7) is 0. The number of carbonyl (C=O) groups is 1. The molecule has 0 radical (unpaired) electrons. The monoisotopic (exact) mass is 385 g/mol. The van der Waals surface area contributed by atoms with E-state index in [4.69, 9.17) is 13.9 Å². The van der Waals surface area contributed by atoms with E-state index in [-0.39, 0.29) is 28.7 Å². The molecule has 1 aromatic heterocycles. The summed E-state index contributed by atoms with van der Waals surface area (Å²) in [5.41, 5.74) is 3.04. The molecule has 0 saturated heterocycles. The van der Waals surface area contributed by atoms with E-state index in [9.17, 15) is 20.0 Å². The van der Waals surface area contributed by atoms with E-state index in [0.29, 0.717) is 16.5 Å². The fraction of sp³-hybridized carbons (Fsp3) is 0.111. The molecule has 0 bridgehead atoms. The smallest absolute Gasteiger partial charge is 0.307 e. The van der Waals surface area contributed by atoms with Crippen LogP contribution in [0.15, 0.2) is 45.9 Å². The SMILES string of the molecule is COc1cc(/C=N\NC(=O)c2cc3cc([N+](=O)[O-])ccc3o2)cc(OC)c1O. The molecule has 3 aromatic rings. The van der Waals surface area contributed by atoms with Crippen LogP contribution >= 0.6 is 0 Å². The van der Waals surface area contributed by atoms with Crippen LogP contribution in [0.5, 0.6) is 17.2 Å². The lowest BCUT2D eigenvalue weighted by Gasteiger charge is -2.09. The van der Waals surface area contributed by atoms with E-state index in [1.54, 1.807) is 0 Å². The fourth-order valence-electron chi connectivity index (χ4n) is 2.47. The van der Waals surface area contributed by atoms with Gasteiger partial charge < -0.3 is 19.0 Å². The Balaban J connectivity index is 1.77. The zero-order valence-corrected chi connectivity index (χ0v) is 14.8. The third kappa shape index (κ3) is 3.70. The number of methoxy groups -OCH3 is 2. The number of carbonyl (C=O) groups excluding carboxylic acids is 1. The summed E-state index contributed by atoms with van der Waals surface area (Å²) in [5.74, 6) is -0.458. The van der Waals surface area contributed by atoms with Crippen LogP contribution in [0, 0.1) is 10.1 Å². The number of nitro benzene ring substituents is 1. The molecule has 0 fully saturated rings. The lowest BCUT2D eigenvalue weighted by atomic mass is 10.2. The number of ether oxygens (including phenoxy) is 2. The molecule has 1 amide bonds.